The Bertz CT molecular complexity index is 946. The lowest BCUT2D eigenvalue weighted by Crippen LogP contribution is -2.38. The quantitative estimate of drug-likeness (QED) is 0.0502. The number of unbranched alkanes of at least 4 members (excludes halogenated alkanes) is 22. The topological polar surface area (TPSA) is 105 Å². The average Bonchev–Trinajstić information content (AvgIpc) is 3.19. The number of carbonyl (C=O) groups is 2. The van der Waals surface area contributed by atoms with Crippen LogP contribution in [0.1, 0.15) is 212 Å². The molecule has 7 heteroatoms. The van der Waals surface area contributed by atoms with Crippen LogP contribution in [-0.2, 0) is 11.3 Å². The van der Waals surface area contributed by atoms with Crippen molar-refractivity contribution in [2.75, 3.05) is 26.2 Å². The molecule has 0 aliphatic carbocycles. The molecular formula is C47H88N4O3. The third kappa shape index (κ3) is 32.0. The molecule has 1 aromatic rings. The van der Waals surface area contributed by atoms with Crippen LogP contribution in [0.25, 0.3) is 0 Å². The van der Waals surface area contributed by atoms with E-state index in [1.807, 2.05) is 30.3 Å². The molecule has 314 valence electrons. The summed E-state index contributed by atoms with van der Waals surface area (Å²) in [6.07, 6.45) is 40.0. The zero-order valence-electron chi connectivity index (χ0n) is 35.6. The molecule has 1 aromatic carbocycles. The van der Waals surface area contributed by atoms with E-state index in [9.17, 15) is 9.59 Å². The summed E-state index contributed by atoms with van der Waals surface area (Å²) in [6.45, 7) is 7.40. The molecule has 0 radical (unpaired) electrons. The number of alkyl carbamates (subject to hydrolysis) is 1. The fourth-order valence-corrected chi connectivity index (χ4v) is 7.85. The van der Waals surface area contributed by atoms with E-state index in [1.54, 1.807) is 0 Å². The molecule has 0 heterocycles. The Labute approximate surface area is 334 Å². The minimum atomic E-state index is -0.313. The van der Waals surface area contributed by atoms with Gasteiger partial charge in [-0.25, -0.2) is 9.59 Å². The van der Waals surface area contributed by atoms with Crippen LogP contribution in [0.5, 0.6) is 0 Å². The molecule has 7 nitrogen and oxygen atoms in total. The van der Waals surface area contributed by atoms with E-state index in [-0.39, 0.29) is 12.1 Å². The Hall–Kier alpha value is -2.28. The Morgan fingerprint density at radius 2 is 0.870 bits per heavy atom. The predicted octanol–water partition coefficient (Wildman–Crippen LogP) is 13.1. The van der Waals surface area contributed by atoms with E-state index < -0.39 is 0 Å². The van der Waals surface area contributed by atoms with Crippen molar-refractivity contribution in [1.82, 2.24) is 16.0 Å². The molecular weight excluding hydrogens is 669 g/mol. The predicted molar refractivity (Wildman–Crippen MR) is 232 cm³/mol. The number of nitrogens with one attached hydrogen (secondary N) is 3. The van der Waals surface area contributed by atoms with Gasteiger partial charge in [-0.1, -0.05) is 224 Å². The summed E-state index contributed by atoms with van der Waals surface area (Å²) in [5, 5.41) is 8.64. The first-order valence-electron chi connectivity index (χ1n) is 23.3. The van der Waals surface area contributed by atoms with Crippen molar-refractivity contribution in [2.45, 2.75) is 213 Å². The Morgan fingerprint density at radius 1 is 0.500 bits per heavy atom. The van der Waals surface area contributed by atoms with Gasteiger partial charge in [-0.05, 0) is 30.2 Å². The number of carbonyl (C=O) groups excluding carboxylic acids is 2. The number of amides is 3. The van der Waals surface area contributed by atoms with Crippen molar-refractivity contribution in [2.24, 2.45) is 17.6 Å². The highest BCUT2D eigenvalue weighted by molar-refractivity contribution is 5.73. The van der Waals surface area contributed by atoms with Gasteiger partial charge in [0.05, 0.1) is 0 Å². The third-order valence-electron chi connectivity index (χ3n) is 11.2. The molecule has 1 rings (SSSR count). The molecule has 0 aliphatic rings. The molecule has 3 amide bonds. The molecule has 54 heavy (non-hydrogen) atoms. The summed E-state index contributed by atoms with van der Waals surface area (Å²) in [6, 6.07) is 9.75. The smallest absolute Gasteiger partial charge is 0.407 e. The van der Waals surface area contributed by atoms with Gasteiger partial charge >= 0.3 is 12.1 Å². The average molecular weight is 757 g/mol. The van der Waals surface area contributed by atoms with E-state index in [0.29, 0.717) is 26.2 Å². The summed E-state index contributed by atoms with van der Waals surface area (Å²) in [4.78, 5) is 23.7. The molecule has 0 bridgehead atoms. The number of hydrogen-bond acceptors (Lipinski definition) is 4. The first kappa shape index (κ1) is 49.7. The van der Waals surface area contributed by atoms with E-state index in [1.165, 1.54) is 180 Å². The van der Waals surface area contributed by atoms with Crippen molar-refractivity contribution >= 4 is 12.1 Å². The van der Waals surface area contributed by atoms with E-state index >= 15 is 0 Å². The fourth-order valence-electron chi connectivity index (χ4n) is 7.85. The maximum Gasteiger partial charge on any atom is 0.407 e. The second kappa shape index (κ2) is 39.0. The van der Waals surface area contributed by atoms with Crippen LogP contribution in [0.3, 0.4) is 0 Å². The summed E-state index contributed by atoms with van der Waals surface area (Å²) < 4.78 is 5.34. The van der Waals surface area contributed by atoms with Crippen molar-refractivity contribution in [3.63, 3.8) is 0 Å². The SMILES string of the molecule is CCCCCCCCCC(CCCCCCCCNC(=O)NCCN)C(CCCCCCCCC)CCCCCCCCNC(=O)OCc1ccccc1. The van der Waals surface area contributed by atoms with Crippen LogP contribution in [0.4, 0.5) is 9.59 Å². The lowest BCUT2D eigenvalue weighted by atomic mass is 9.78. The molecule has 0 saturated carbocycles. The fraction of sp³-hybridized carbons (Fsp3) is 0.830. The molecule has 0 fully saturated rings. The number of benzene rings is 1. The number of rotatable bonds is 39. The first-order chi connectivity index (χ1) is 26.6. The van der Waals surface area contributed by atoms with E-state index in [0.717, 1.165) is 36.8 Å². The number of urea groups is 1. The highest BCUT2D eigenvalue weighted by Crippen LogP contribution is 2.34. The molecule has 2 unspecified atom stereocenters. The minimum Gasteiger partial charge on any atom is -0.445 e. The lowest BCUT2D eigenvalue weighted by Gasteiger charge is -2.28. The second-order valence-electron chi connectivity index (χ2n) is 16.1. The van der Waals surface area contributed by atoms with Gasteiger partial charge in [0.1, 0.15) is 6.61 Å². The molecule has 0 aromatic heterocycles. The van der Waals surface area contributed by atoms with Crippen molar-refractivity contribution in [3.05, 3.63) is 35.9 Å². The minimum absolute atomic E-state index is 0.0954. The van der Waals surface area contributed by atoms with Gasteiger partial charge in [-0.2, -0.15) is 0 Å². The van der Waals surface area contributed by atoms with Crippen molar-refractivity contribution in [1.29, 1.82) is 0 Å². The highest BCUT2D eigenvalue weighted by Gasteiger charge is 2.21. The highest BCUT2D eigenvalue weighted by atomic mass is 16.5. The summed E-state index contributed by atoms with van der Waals surface area (Å²) in [5.74, 6) is 1.79. The van der Waals surface area contributed by atoms with Crippen molar-refractivity contribution < 1.29 is 14.3 Å². The summed E-state index contributed by atoms with van der Waals surface area (Å²) >= 11 is 0. The second-order valence-corrected chi connectivity index (χ2v) is 16.1. The normalized spacial score (nSPS) is 12.4. The number of hydrogen-bond donors (Lipinski definition) is 4. The van der Waals surface area contributed by atoms with Gasteiger partial charge in [-0.3, -0.25) is 0 Å². The molecule has 5 N–H and O–H groups in total. The Morgan fingerprint density at radius 3 is 1.30 bits per heavy atom. The van der Waals surface area contributed by atoms with Crippen LogP contribution in [0, 0.1) is 11.8 Å². The molecule has 0 saturated heterocycles. The Balaban J connectivity index is 2.48. The van der Waals surface area contributed by atoms with Gasteiger partial charge in [0.15, 0.2) is 0 Å². The van der Waals surface area contributed by atoms with E-state index in [4.69, 9.17) is 10.5 Å². The summed E-state index contributed by atoms with van der Waals surface area (Å²) in [7, 11) is 0. The summed E-state index contributed by atoms with van der Waals surface area (Å²) in [5.41, 5.74) is 6.48. The maximum atomic E-state index is 12.0. The molecule has 0 aliphatic heterocycles. The number of nitrogens with two attached hydrogens (primary N) is 1. The van der Waals surface area contributed by atoms with Gasteiger partial charge in [0.2, 0.25) is 0 Å². The Kier molecular flexibility index (Phi) is 35.9. The van der Waals surface area contributed by atoms with Gasteiger partial charge in [-0.15, -0.1) is 0 Å². The van der Waals surface area contributed by atoms with Crippen LogP contribution in [0.2, 0.25) is 0 Å². The maximum absolute atomic E-state index is 12.0. The van der Waals surface area contributed by atoms with Crippen LogP contribution >= 0.6 is 0 Å². The van der Waals surface area contributed by atoms with Crippen LogP contribution < -0.4 is 21.7 Å². The third-order valence-corrected chi connectivity index (χ3v) is 11.2. The van der Waals surface area contributed by atoms with Crippen LogP contribution in [-0.4, -0.2) is 38.3 Å². The van der Waals surface area contributed by atoms with Gasteiger partial charge < -0.3 is 26.4 Å². The van der Waals surface area contributed by atoms with Crippen molar-refractivity contribution in [3.8, 4) is 0 Å². The van der Waals surface area contributed by atoms with E-state index in [2.05, 4.69) is 29.8 Å². The van der Waals surface area contributed by atoms with Crippen LogP contribution in [0.15, 0.2) is 30.3 Å². The number of ether oxygens (including phenoxy) is 1. The monoisotopic (exact) mass is 757 g/mol. The zero-order valence-corrected chi connectivity index (χ0v) is 35.6. The molecule has 0 spiro atoms. The largest absolute Gasteiger partial charge is 0.445 e. The standard InChI is InChI=1S/C47H88N4O3/c1-3-5-7-9-11-17-26-34-44(36-28-19-13-15-21-30-39-49-46(52)50-41-38-48)45(35-27-18-12-10-8-6-4-2)37-29-20-14-16-22-31-40-51-47(53)54-42-43-32-24-23-25-33-43/h23-25,32-33,44-45H,3-22,26-31,34-42,48H2,1-2H3,(H,51,53)(H2,49,50,52). The lowest BCUT2D eigenvalue weighted by molar-refractivity contribution is 0.139. The molecule has 2 atom stereocenters. The zero-order chi connectivity index (χ0) is 39.0. The first-order valence-corrected chi connectivity index (χ1v) is 23.3. The van der Waals surface area contributed by atoms with Gasteiger partial charge in [0, 0.05) is 26.2 Å². The van der Waals surface area contributed by atoms with Gasteiger partial charge in [0.25, 0.3) is 0 Å².